The van der Waals surface area contributed by atoms with Gasteiger partial charge in [0, 0.05) is 12.0 Å². The molecule has 0 aliphatic heterocycles. The number of nitrogens with two attached hydrogens (primary N) is 1. The van der Waals surface area contributed by atoms with Crippen LogP contribution in [0.3, 0.4) is 0 Å². The average Bonchev–Trinajstić information content (AvgIpc) is 2.28. The van der Waals surface area contributed by atoms with E-state index in [1.165, 1.54) is 19.2 Å². The molecule has 0 aliphatic carbocycles. The number of Topliss-reactive ketones (excluding diaryl/α,β-unsaturated/α-hetero) is 1. The number of methoxy groups -OCH3 is 1. The van der Waals surface area contributed by atoms with Gasteiger partial charge in [0.05, 0.1) is 12.7 Å². The zero-order valence-electron chi connectivity index (χ0n) is 8.87. The molecule has 0 bridgehead atoms. The number of hydrogen-bond donors (Lipinski definition) is 1. The molecule has 0 unspecified atom stereocenters. The SMILES string of the molecule is COc1ccc(C(F)F)cc1C(=O)CCN. The predicted octanol–water partition coefficient (Wildman–Crippen LogP) is 2.16. The highest BCUT2D eigenvalue weighted by Gasteiger charge is 2.15. The molecule has 0 radical (unpaired) electrons. The number of ketones is 1. The second kappa shape index (κ2) is 5.55. The highest BCUT2D eigenvalue weighted by molar-refractivity contribution is 5.99. The van der Waals surface area contributed by atoms with E-state index in [4.69, 9.17) is 10.5 Å². The zero-order valence-corrected chi connectivity index (χ0v) is 8.87. The number of ether oxygens (including phenoxy) is 1. The van der Waals surface area contributed by atoms with Crippen molar-refractivity contribution in [1.29, 1.82) is 0 Å². The Balaban J connectivity index is 3.11. The number of alkyl halides is 2. The molecular formula is C11H13F2NO2. The van der Waals surface area contributed by atoms with Crippen LogP contribution in [0.25, 0.3) is 0 Å². The van der Waals surface area contributed by atoms with Crippen molar-refractivity contribution in [3.8, 4) is 5.75 Å². The molecule has 0 heterocycles. The fourth-order valence-electron chi connectivity index (χ4n) is 1.35. The molecule has 88 valence electrons. The van der Waals surface area contributed by atoms with Crippen LogP contribution in [0.5, 0.6) is 5.75 Å². The third-order valence-electron chi connectivity index (χ3n) is 2.15. The van der Waals surface area contributed by atoms with Crippen LogP contribution >= 0.6 is 0 Å². The van der Waals surface area contributed by atoms with Gasteiger partial charge >= 0.3 is 0 Å². The standard InChI is InChI=1S/C11H13F2NO2/c1-16-10-3-2-7(11(12)13)6-8(10)9(15)4-5-14/h2-3,6,11H,4-5,14H2,1H3. The number of halogens is 2. The molecule has 5 heteroatoms. The summed E-state index contributed by atoms with van der Waals surface area (Å²) in [5, 5.41) is 0. The van der Waals surface area contributed by atoms with Gasteiger partial charge in [0.1, 0.15) is 5.75 Å². The first kappa shape index (κ1) is 12.6. The van der Waals surface area contributed by atoms with Gasteiger partial charge in [-0.1, -0.05) is 0 Å². The minimum absolute atomic E-state index is 0.114. The number of benzene rings is 1. The highest BCUT2D eigenvalue weighted by Crippen LogP contribution is 2.26. The lowest BCUT2D eigenvalue weighted by molar-refractivity contribution is 0.0982. The summed E-state index contributed by atoms with van der Waals surface area (Å²) >= 11 is 0. The predicted molar refractivity (Wildman–Crippen MR) is 56.0 cm³/mol. The Kier molecular flexibility index (Phi) is 4.37. The average molecular weight is 229 g/mol. The van der Waals surface area contributed by atoms with Crippen molar-refractivity contribution in [2.75, 3.05) is 13.7 Å². The number of carbonyl (C=O) groups is 1. The minimum atomic E-state index is -2.60. The number of rotatable bonds is 5. The Labute approximate surface area is 92.2 Å². The number of hydrogen-bond acceptors (Lipinski definition) is 3. The first-order valence-corrected chi connectivity index (χ1v) is 4.79. The Bertz CT molecular complexity index is 380. The molecule has 1 aromatic rings. The number of carbonyl (C=O) groups excluding carboxylic acids is 1. The molecule has 0 aromatic heterocycles. The molecule has 0 fully saturated rings. The Hall–Kier alpha value is -1.49. The second-order valence-electron chi connectivity index (χ2n) is 3.22. The van der Waals surface area contributed by atoms with E-state index in [-0.39, 0.29) is 29.9 Å². The second-order valence-corrected chi connectivity index (χ2v) is 3.22. The molecule has 16 heavy (non-hydrogen) atoms. The van der Waals surface area contributed by atoms with Gasteiger partial charge in [0.15, 0.2) is 5.78 Å². The van der Waals surface area contributed by atoms with E-state index in [2.05, 4.69) is 0 Å². The summed E-state index contributed by atoms with van der Waals surface area (Å²) in [6.45, 7) is 0.181. The van der Waals surface area contributed by atoms with Crippen molar-refractivity contribution >= 4 is 5.78 Å². The summed E-state index contributed by atoms with van der Waals surface area (Å²) in [5.41, 5.74) is 5.21. The van der Waals surface area contributed by atoms with E-state index in [0.717, 1.165) is 6.07 Å². The Morgan fingerprint density at radius 3 is 2.69 bits per heavy atom. The monoisotopic (exact) mass is 229 g/mol. The maximum Gasteiger partial charge on any atom is 0.263 e. The molecule has 0 atom stereocenters. The van der Waals surface area contributed by atoms with E-state index in [0.29, 0.717) is 5.75 Å². The van der Waals surface area contributed by atoms with Gasteiger partial charge in [0.25, 0.3) is 6.43 Å². The molecule has 2 N–H and O–H groups in total. The summed E-state index contributed by atoms with van der Waals surface area (Å²) in [7, 11) is 1.39. The molecule has 0 amide bonds. The molecule has 0 saturated carbocycles. The molecule has 1 aromatic carbocycles. The van der Waals surface area contributed by atoms with Crippen LogP contribution in [-0.2, 0) is 0 Å². The molecule has 1 rings (SSSR count). The molecule has 0 aliphatic rings. The summed E-state index contributed by atoms with van der Waals surface area (Å²) in [5.74, 6) is 0.00435. The lowest BCUT2D eigenvalue weighted by atomic mass is 10.0. The van der Waals surface area contributed by atoms with Crippen molar-refractivity contribution in [2.24, 2.45) is 5.73 Å². The fraction of sp³-hybridized carbons (Fsp3) is 0.364. The first-order chi connectivity index (χ1) is 7.60. The van der Waals surface area contributed by atoms with Crippen molar-refractivity contribution < 1.29 is 18.3 Å². The van der Waals surface area contributed by atoms with Crippen molar-refractivity contribution in [3.05, 3.63) is 29.3 Å². The van der Waals surface area contributed by atoms with E-state index < -0.39 is 6.43 Å². The largest absolute Gasteiger partial charge is 0.496 e. The summed E-state index contributed by atoms with van der Waals surface area (Å²) in [4.78, 5) is 11.6. The lowest BCUT2D eigenvalue weighted by Crippen LogP contribution is -2.09. The normalized spacial score (nSPS) is 10.6. The van der Waals surface area contributed by atoms with Crippen LogP contribution in [0.4, 0.5) is 8.78 Å². The van der Waals surface area contributed by atoms with Crippen molar-refractivity contribution in [2.45, 2.75) is 12.8 Å². The lowest BCUT2D eigenvalue weighted by Gasteiger charge is -2.09. The molecule has 0 saturated heterocycles. The van der Waals surface area contributed by atoms with E-state index in [1.54, 1.807) is 0 Å². The Morgan fingerprint density at radius 2 is 2.19 bits per heavy atom. The first-order valence-electron chi connectivity index (χ1n) is 4.79. The fourth-order valence-corrected chi connectivity index (χ4v) is 1.35. The zero-order chi connectivity index (χ0) is 12.1. The van der Waals surface area contributed by atoms with Crippen LogP contribution < -0.4 is 10.5 Å². The van der Waals surface area contributed by atoms with Crippen LogP contribution in [0.1, 0.15) is 28.8 Å². The van der Waals surface area contributed by atoms with Gasteiger partial charge < -0.3 is 10.5 Å². The highest BCUT2D eigenvalue weighted by atomic mass is 19.3. The van der Waals surface area contributed by atoms with Gasteiger partial charge in [0.2, 0.25) is 0 Å². The van der Waals surface area contributed by atoms with Crippen LogP contribution in [-0.4, -0.2) is 19.4 Å². The van der Waals surface area contributed by atoms with E-state index in [9.17, 15) is 13.6 Å². The van der Waals surface area contributed by atoms with Crippen LogP contribution in [0.2, 0.25) is 0 Å². The van der Waals surface area contributed by atoms with Crippen molar-refractivity contribution in [1.82, 2.24) is 0 Å². The van der Waals surface area contributed by atoms with Crippen LogP contribution in [0, 0.1) is 0 Å². The van der Waals surface area contributed by atoms with Gasteiger partial charge in [-0.25, -0.2) is 8.78 Å². The molecular weight excluding hydrogens is 216 g/mol. The molecule has 3 nitrogen and oxygen atoms in total. The van der Waals surface area contributed by atoms with E-state index in [1.807, 2.05) is 0 Å². The van der Waals surface area contributed by atoms with Gasteiger partial charge in [-0.05, 0) is 24.7 Å². The maximum absolute atomic E-state index is 12.5. The Morgan fingerprint density at radius 1 is 1.50 bits per heavy atom. The van der Waals surface area contributed by atoms with Crippen LogP contribution in [0.15, 0.2) is 18.2 Å². The maximum atomic E-state index is 12.5. The van der Waals surface area contributed by atoms with Gasteiger partial charge in [-0.15, -0.1) is 0 Å². The molecule has 0 spiro atoms. The summed E-state index contributed by atoms with van der Waals surface area (Å²) < 4.78 is 29.9. The van der Waals surface area contributed by atoms with Crippen molar-refractivity contribution in [3.63, 3.8) is 0 Å². The quantitative estimate of drug-likeness (QED) is 0.787. The topological polar surface area (TPSA) is 52.3 Å². The smallest absolute Gasteiger partial charge is 0.263 e. The third-order valence-corrected chi connectivity index (χ3v) is 2.15. The third kappa shape index (κ3) is 2.76. The summed E-state index contributed by atoms with van der Waals surface area (Å²) in [6, 6.07) is 3.76. The van der Waals surface area contributed by atoms with Gasteiger partial charge in [-0.3, -0.25) is 4.79 Å². The summed E-state index contributed by atoms with van der Waals surface area (Å²) in [6.07, 6.45) is -2.49. The minimum Gasteiger partial charge on any atom is -0.496 e. The van der Waals surface area contributed by atoms with Gasteiger partial charge in [-0.2, -0.15) is 0 Å². The van der Waals surface area contributed by atoms with E-state index >= 15 is 0 Å².